The Labute approximate surface area is 200 Å². The summed E-state index contributed by atoms with van der Waals surface area (Å²) < 4.78 is 1.65. The molecule has 0 amide bonds. The van der Waals surface area contributed by atoms with E-state index >= 15 is 0 Å². The molecule has 2 aromatic rings. The van der Waals surface area contributed by atoms with Gasteiger partial charge in [0.1, 0.15) is 17.5 Å². The molecule has 0 saturated heterocycles. The van der Waals surface area contributed by atoms with Gasteiger partial charge in [-0.3, -0.25) is 4.99 Å². The normalized spacial score (nSPS) is 10.9. The Bertz CT molecular complexity index is 840. The van der Waals surface area contributed by atoms with Crippen molar-refractivity contribution >= 4 is 47.5 Å². The smallest absolute Gasteiger partial charge is 0.190 e. The van der Waals surface area contributed by atoms with Crippen molar-refractivity contribution in [2.75, 3.05) is 37.9 Å². The maximum Gasteiger partial charge on any atom is 0.190 e. The predicted molar refractivity (Wildman–Crippen MR) is 138 cm³/mol. The van der Waals surface area contributed by atoms with Gasteiger partial charge in [-0.05, 0) is 56.7 Å². The third-order valence-electron chi connectivity index (χ3n) is 4.56. The van der Waals surface area contributed by atoms with E-state index in [1.807, 2.05) is 43.0 Å². The SMILES string of the molecule is CN=C(NCCCCSC)NCCCc1nn(-c2ccc(C)cc2)c(N)c1C#N.I. The van der Waals surface area contributed by atoms with Gasteiger partial charge in [0, 0.05) is 20.1 Å². The zero-order chi connectivity index (χ0) is 21.1. The van der Waals surface area contributed by atoms with Crippen molar-refractivity contribution < 1.29 is 0 Å². The quantitative estimate of drug-likeness (QED) is 0.184. The van der Waals surface area contributed by atoms with Gasteiger partial charge < -0.3 is 16.4 Å². The van der Waals surface area contributed by atoms with Crippen molar-refractivity contribution in [2.24, 2.45) is 4.99 Å². The predicted octanol–water partition coefficient (Wildman–Crippen LogP) is 3.49. The number of thioether (sulfide) groups is 1. The van der Waals surface area contributed by atoms with E-state index in [4.69, 9.17) is 5.73 Å². The van der Waals surface area contributed by atoms with Crippen molar-refractivity contribution in [2.45, 2.75) is 32.6 Å². The van der Waals surface area contributed by atoms with Gasteiger partial charge in [0.15, 0.2) is 5.96 Å². The number of hydrogen-bond donors (Lipinski definition) is 3. The molecule has 164 valence electrons. The number of anilines is 1. The number of hydrogen-bond acceptors (Lipinski definition) is 5. The van der Waals surface area contributed by atoms with Crippen LogP contribution in [0.4, 0.5) is 5.82 Å². The average molecular weight is 542 g/mol. The Morgan fingerprint density at radius 3 is 2.47 bits per heavy atom. The lowest BCUT2D eigenvalue weighted by atomic mass is 10.1. The maximum absolute atomic E-state index is 9.52. The minimum absolute atomic E-state index is 0. The van der Waals surface area contributed by atoms with Gasteiger partial charge in [0.25, 0.3) is 0 Å². The fourth-order valence-electron chi connectivity index (χ4n) is 2.92. The van der Waals surface area contributed by atoms with E-state index in [0.717, 1.165) is 48.8 Å². The highest BCUT2D eigenvalue weighted by Crippen LogP contribution is 2.21. The van der Waals surface area contributed by atoms with Gasteiger partial charge in [-0.15, -0.1) is 24.0 Å². The van der Waals surface area contributed by atoms with Gasteiger partial charge in [-0.1, -0.05) is 17.7 Å². The number of guanidine groups is 1. The van der Waals surface area contributed by atoms with Crippen LogP contribution in [0.3, 0.4) is 0 Å². The maximum atomic E-state index is 9.52. The van der Waals surface area contributed by atoms with E-state index in [0.29, 0.717) is 17.8 Å². The summed E-state index contributed by atoms with van der Waals surface area (Å²) in [5.41, 5.74) is 9.39. The first-order valence-electron chi connectivity index (χ1n) is 9.88. The monoisotopic (exact) mass is 541 g/mol. The lowest BCUT2D eigenvalue weighted by Crippen LogP contribution is -2.38. The number of nitrogens with two attached hydrogens (primary N) is 1. The fraction of sp³-hybridized carbons (Fsp3) is 0.476. The molecule has 9 heteroatoms. The zero-order valence-corrected chi connectivity index (χ0v) is 21.1. The lowest BCUT2D eigenvalue weighted by molar-refractivity contribution is 0.704. The van der Waals surface area contributed by atoms with Gasteiger partial charge in [-0.2, -0.15) is 22.1 Å². The summed E-state index contributed by atoms with van der Waals surface area (Å²) in [6.45, 7) is 3.69. The van der Waals surface area contributed by atoms with E-state index in [1.54, 1.807) is 11.7 Å². The molecule has 1 aromatic carbocycles. The Balaban J connectivity index is 0.00000450. The van der Waals surface area contributed by atoms with Crippen LogP contribution in [0.1, 0.15) is 36.1 Å². The van der Waals surface area contributed by atoms with Gasteiger partial charge >= 0.3 is 0 Å². The second kappa shape index (κ2) is 14.1. The number of rotatable bonds is 10. The van der Waals surface area contributed by atoms with Crippen LogP contribution in [0.5, 0.6) is 0 Å². The molecule has 0 aliphatic heterocycles. The minimum atomic E-state index is 0. The summed E-state index contributed by atoms with van der Waals surface area (Å²) in [5.74, 6) is 2.38. The van der Waals surface area contributed by atoms with Crippen LogP contribution in [-0.4, -0.2) is 47.9 Å². The number of nitrogens with one attached hydrogen (secondary N) is 2. The van der Waals surface area contributed by atoms with Crippen molar-refractivity contribution in [3.63, 3.8) is 0 Å². The number of aliphatic imine (C=N–C) groups is 1. The lowest BCUT2D eigenvalue weighted by Gasteiger charge is -2.11. The Morgan fingerprint density at radius 1 is 1.20 bits per heavy atom. The topological polar surface area (TPSA) is 104 Å². The second-order valence-corrected chi connectivity index (χ2v) is 7.78. The van der Waals surface area contributed by atoms with Gasteiger partial charge in [-0.25, -0.2) is 4.68 Å². The molecular formula is C21H32IN7S. The third kappa shape index (κ3) is 7.72. The van der Waals surface area contributed by atoms with Crippen LogP contribution in [0.25, 0.3) is 5.69 Å². The molecule has 0 radical (unpaired) electrons. The number of aromatic nitrogens is 2. The molecule has 0 unspecified atom stereocenters. The van der Waals surface area contributed by atoms with E-state index in [9.17, 15) is 5.26 Å². The molecule has 0 fully saturated rings. The van der Waals surface area contributed by atoms with Crippen LogP contribution in [0.15, 0.2) is 29.3 Å². The summed E-state index contributed by atoms with van der Waals surface area (Å²) in [6, 6.07) is 10.1. The summed E-state index contributed by atoms with van der Waals surface area (Å²) in [7, 11) is 1.77. The standard InChI is InChI=1S/C21H31N7S.HI/c1-16-8-10-17(11-9-16)28-20(23)18(15-22)19(27-28)7-6-13-26-21(24-2)25-12-4-5-14-29-3;/h8-11H,4-7,12-14,23H2,1-3H3,(H2,24,25,26);1H. The zero-order valence-electron chi connectivity index (χ0n) is 17.9. The number of nitrogen functional groups attached to an aromatic ring is 1. The minimum Gasteiger partial charge on any atom is -0.382 e. The molecule has 0 spiro atoms. The van der Waals surface area contributed by atoms with Crippen LogP contribution in [-0.2, 0) is 6.42 Å². The Hall–Kier alpha value is -1.93. The fourth-order valence-corrected chi connectivity index (χ4v) is 3.41. The highest BCUT2D eigenvalue weighted by atomic mass is 127. The number of benzene rings is 1. The van der Waals surface area contributed by atoms with Crippen molar-refractivity contribution in [1.82, 2.24) is 20.4 Å². The highest BCUT2D eigenvalue weighted by Gasteiger charge is 2.16. The first-order chi connectivity index (χ1) is 14.1. The van der Waals surface area contributed by atoms with Crippen molar-refractivity contribution in [3.05, 3.63) is 41.1 Å². The van der Waals surface area contributed by atoms with Crippen molar-refractivity contribution in [1.29, 1.82) is 5.26 Å². The highest BCUT2D eigenvalue weighted by molar-refractivity contribution is 14.0. The van der Waals surface area contributed by atoms with Gasteiger partial charge in [0.05, 0.1) is 11.4 Å². The molecule has 0 bridgehead atoms. The van der Waals surface area contributed by atoms with Crippen LogP contribution in [0.2, 0.25) is 0 Å². The van der Waals surface area contributed by atoms with E-state index in [2.05, 4.69) is 33.0 Å². The molecule has 0 atom stereocenters. The van der Waals surface area contributed by atoms with E-state index < -0.39 is 0 Å². The first-order valence-corrected chi connectivity index (χ1v) is 11.3. The number of nitriles is 1. The molecule has 1 aromatic heterocycles. The average Bonchev–Trinajstić information content (AvgIpc) is 3.05. The largest absolute Gasteiger partial charge is 0.382 e. The Morgan fingerprint density at radius 2 is 1.87 bits per heavy atom. The molecule has 0 aliphatic carbocycles. The van der Waals surface area contributed by atoms with E-state index in [1.165, 1.54) is 12.2 Å². The summed E-state index contributed by atoms with van der Waals surface area (Å²) in [4.78, 5) is 4.25. The number of nitrogens with zero attached hydrogens (tertiary/aromatic N) is 4. The number of aryl methyl sites for hydroxylation is 2. The molecule has 4 N–H and O–H groups in total. The number of halogens is 1. The molecule has 1 heterocycles. The molecule has 7 nitrogen and oxygen atoms in total. The molecule has 2 rings (SSSR count). The third-order valence-corrected chi connectivity index (χ3v) is 5.25. The molecule has 0 saturated carbocycles. The van der Waals surface area contributed by atoms with Crippen LogP contribution in [0, 0.1) is 18.3 Å². The first kappa shape index (κ1) is 26.1. The second-order valence-electron chi connectivity index (χ2n) is 6.80. The number of unbranched alkanes of at least 4 members (excludes halogenated alkanes) is 1. The molecule has 0 aliphatic rings. The van der Waals surface area contributed by atoms with E-state index in [-0.39, 0.29) is 24.0 Å². The van der Waals surface area contributed by atoms with Crippen LogP contribution < -0.4 is 16.4 Å². The van der Waals surface area contributed by atoms with Gasteiger partial charge in [0.2, 0.25) is 0 Å². The molecule has 30 heavy (non-hydrogen) atoms. The summed E-state index contributed by atoms with van der Waals surface area (Å²) >= 11 is 1.87. The van der Waals surface area contributed by atoms with Crippen LogP contribution >= 0.6 is 35.7 Å². The summed E-state index contributed by atoms with van der Waals surface area (Å²) in [5, 5.41) is 20.7. The Kier molecular flexibility index (Phi) is 12.3. The van der Waals surface area contributed by atoms with Crippen molar-refractivity contribution in [3.8, 4) is 11.8 Å². The summed E-state index contributed by atoms with van der Waals surface area (Å²) in [6.07, 6.45) is 5.95. The molecular weight excluding hydrogens is 509 g/mol.